The zero-order valence-corrected chi connectivity index (χ0v) is 15.7. The number of nitrogens with zero attached hydrogens (tertiary/aromatic N) is 1. The van der Waals surface area contributed by atoms with Gasteiger partial charge >= 0.3 is 5.97 Å². The van der Waals surface area contributed by atoms with Gasteiger partial charge in [0.05, 0.1) is 26.4 Å². The zero-order chi connectivity index (χ0) is 19.3. The van der Waals surface area contributed by atoms with Crippen molar-refractivity contribution in [2.24, 2.45) is 5.73 Å². The van der Waals surface area contributed by atoms with E-state index in [2.05, 4.69) is 0 Å². The number of methoxy groups -OCH3 is 1. The van der Waals surface area contributed by atoms with Crippen LogP contribution >= 0.6 is 0 Å². The van der Waals surface area contributed by atoms with Crippen LogP contribution in [0.2, 0.25) is 0 Å². The lowest BCUT2D eigenvalue weighted by molar-refractivity contribution is -0.150. The molecule has 1 aromatic rings. The average Bonchev–Trinajstić information content (AvgIpc) is 2.64. The van der Waals surface area contributed by atoms with Crippen LogP contribution in [0, 0.1) is 0 Å². The van der Waals surface area contributed by atoms with Crippen LogP contribution in [0.5, 0.6) is 5.75 Å². The third kappa shape index (κ3) is 4.83. The standard InChI is InChI=1S/C19H26N2O5/c1-12(2)25-10-13(3)17(21-9-16(20)18(21)22)19(23)26-11-14-5-7-15(24-4)8-6-14/h5-8,12,16H,9-11,20H2,1-4H3. The normalized spacial score (nSPS) is 17.7. The highest BCUT2D eigenvalue weighted by Gasteiger charge is 2.39. The van der Waals surface area contributed by atoms with Crippen molar-refractivity contribution in [2.45, 2.75) is 39.5 Å². The quantitative estimate of drug-likeness (QED) is 0.429. The zero-order valence-electron chi connectivity index (χ0n) is 15.7. The predicted molar refractivity (Wildman–Crippen MR) is 96.3 cm³/mol. The molecule has 1 aliphatic heterocycles. The first-order valence-electron chi connectivity index (χ1n) is 8.51. The molecule has 142 valence electrons. The maximum atomic E-state index is 12.6. The average molecular weight is 362 g/mol. The van der Waals surface area contributed by atoms with E-state index >= 15 is 0 Å². The fraction of sp³-hybridized carbons (Fsp3) is 0.474. The van der Waals surface area contributed by atoms with Gasteiger partial charge in [0.15, 0.2) is 0 Å². The molecular formula is C19H26N2O5. The van der Waals surface area contributed by atoms with Crippen molar-refractivity contribution in [1.82, 2.24) is 4.90 Å². The van der Waals surface area contributed by atoms with Crippen molar-refractivity contribution >= 4 is 11.9 Å². The van der Waals surface area contributed by atoms with Crippen molar-refractivity contribution < 1.29 is 23.8 Å². The molecule has 1 unspecified atom stereocenters. The number of carbonyl (C=O) groups excluding carboxylic acids is 2. The molecule has 1 saturated heterocycles. The second-order valence-corrected chi connectivity index (χ2v) is 6.47. The molecule has 1 fully saturated rings. The van der Waals surface area contributed by atoms with E-state index in [-0.39, 0.29) is 30.9 Å². The Hall–Kier alpha value is -2.38. The molecule has 26 heavy (non-hydrogen) atoms. The highest BCUT2D eigenvalue weighted by atomic mass is 16.5. The SMILES string of the molecule is COc1ccc(COC(=O)C(=C(C)COC(C)C)N2CC(N)C2=O)cc1. The number of esters is 1. The summed E-state index contributed by atoms with van der Waals surface area (Å²) in [6, 6.07) is 6.64. The minimum Gasteiger partial charge on any atom is -0.497 e. The largest absolute Gasteiger partial charge is 0.497 e. The molecule has 0 saturated carbocycles. The monoisotopic (exact) mass is 362 g/mol. The third-order valence-corrected chi connectivity index (χ3v) is 3.99. The van der Waals surface area contributed by atoms with Crippen molar-refractivity contribution in [3.05, 3.63) is 41.1 Å². The molecule has 2 N–H and O–H groups in total. The summed E-state index contributed by atoms with van der Waals surface area (Å²) in [5.74, 6) is -0.126. The van der Waals surface area contributed by atoms with Crippen LogP contribution in [0.25, 0.3) is 0 Å². The molecule has 0 radical (unpaired) electrons. The van der Waals surface area contributed by atoms with Gasteiger partial charge in [0.1, 0.15) is 24.1 Å². The summed E-state index contributed by atoms with van der Waals surface area (Å²) in [5.41, 5.74) is 7.33. The highest BCUT2D eigenvalue weighted by Crippen LogP contribution is 2.22. The first-order valence-corrected chi connectivity index (χ1v) is 8.51. The van der Waals surface area contributed by atoms with Gasteiger partial charge in [-0.1, -0.05) is 12.1 Å². The topological polar surface area (TPSA) is 91.1 Å². The summed E-state index contributed by atoms with van der Waals surface area (Å²) in [6.07, 6.45) is 0.0101. The van der Waals surface area contributed by atoms with Gasteiger partial charge in [-0.2, -0.15) is 0 Å². The number of rotatable bonds is 8. The molecule has 0 aliphatic carbocycles. The Morgan fingerprint density at radius 3 is 2.46 bits per heavy atom. The fourth-order valence-electron chi connectivity index (χ4n) is 2.47. The second-order valence-electron chi connectivity index (χ2n) is 6.47. The van der Waals surface area contributed by atoms with Gasteiger partial charge in [0.25, 0.3) is 0 Å². The van der Waals surface area contributed by atoms with Gasteiger partial charge in [0.2, 0.25) is 5.91 Å². The lowest BCUT2D eigenvalue weighted by Crippen LogP contribution is -2.61. The number of amides is 1. The molecule has 1 heterocycles. The van der Waals surface area contributed by atoms with Crippen LogP contribution in [0.1, 0.15) is 26.3 Å². The first-order chi connectivity index (χ1) is 12.3. The number of nitrogens with two attached hydrogens (primary N) is 1. The molecule has 7 nitrogen and oxygen atoms in total. The third-order valence-electron chi connectivity index (χ3n) is 3.99. The van der Waals surface area contributed by atoms with Gasteiger partial charge in [-0.15, -0.1) is 0 Å². The Bertz CT molecular complexity index is 682. The van der Waals surface area contributed by atoms with E-state index in [1.165, 1.54) is 4.90 Å². The van der Waals surface area contributed by atoms with E-state index in [1.807, 2.05) is 26.0 Å². The molecule has 1 aromatic carbocycles. The number of β-lactam (4-membered cyclic amide) rings is 1. The van der Waals surface area contributed by atoms with Gasteiger partial charge in [-0.25, -0.2) is 4.79 Å². The smallest absolute Gasteiger partial charge is 0.355 e. The maximum Gasteiger partial charge on any atom is 0.355 e. The van der Waals surface area contributed by atoms with Crippen LogP contribution < -0.4 is 10.5 Å². The van der Waals surface area contributed by atoms with E-state index in [4.69, 9.17) is 19.9 Å². The van der Waals surface area contributed by atoms with E-state index in [0.717, 1.165) is 11.3 Å². The summed E-state index contributed by atoms with van der Waals surface area (Å²) in [4.78, 5) is 26.0. The van der Waals surface area contributed by atoms with Gasteiger partial charge in [-0.05, 0) is 44.0 Å². The molecule has 1 amide bonds. The molecule has 2 rings (SSSR count). The van der Waals surface area contributed by atoms with Crippen LogP contribution in [-0.2, 0) is 25.7 Å². The van der Waals surface area contributed by atoms with Crippen molar-refractivity contribution in [3.8, 4) is 5.75 Å². The Labute approximate surface area is 153 Å². The van der Waals surface area contributed by atoms with E-state index < -0.39 is 12.0 Å². The number of hydrogen-bond donors (Lipinski definition) is 1. The number of hydrogen-bond acceptors (Lipinski definition) is 6. The van der Waals surface area contributed by atoms with Crippen LogP contribution in [0.15, 0.2) is 35.5 Å². The van der Waals surface area contributed by atoms with E-state index in [0.29, 0.717) is 12.1 Å². The highest BCUT2D eigenvalue weighted by molar-refractivity contribution is 5.99. The van der Waals surface area contributed by atoms with Gasteiger partial charge < -0.3 is 24.8 Å². The molecule has 0 aromatic heterocycles. The number of carbonyl (C=O) groups is 2. The Balaban J connectivity index is 2.09. The molecule has 0 bridgehead atoms. The molecule has 7 heteroatoms. The van der Waals surface area contributed by atoms with Crippen LogP contribution in [-0.4, -0.2) is 49.2 Å². The van der Waals surface area contributed by atoms with Crippen LogP contribution in [0.4, 0.5) is 0 Å². The molecule has 1 atom stereocenters. The summed E-state index contributed by atoms with van der Waals surface area (Å²) in [5, 5.41) is 0. The summed E-state index contributed by atoms with van der Waals surface area (Å²) in [7, 11) is 1.59. The number of benzene rings is 1. The fourth-order valence-corrected chi connectivity index (χ4v) is 2.47. The summed E-state index contributed by atoms with van der Waals surface area (Å²) >= 11 is 0. The Kier molecular flexibility index (Phi) is 6.76. The minimum absolute atomic E-state index is 0.0101. The van der Waals surface area contributed by atoms with Crippen LogP contribution in [0.3, 0.4) is 0 Å². The predicted octanol–water partition coefficient (Wildman–Crippen LogP) is 1.61. The second kappa shape index (κ2) is 8.82. The maximum absolute atomic E-state index is 12.6. The molecule has 0 spiro atoms. The lowest BCUT2D eigenvalue weighted by atomic mass is 10.1. The van der Waals surface area contributed by atoms with Gasteiger partial charge in [0, 0.05) is 0 Å². The minimum atomic E-state index is -0.571. The molecular weight excluding hydrogens is 336 g/mol. The van der Waals surface area contributed by atoms with Gasteiger partial charge in [-0.3, -0.25) is 4.79 Å². The number of likely N-dealkylation sites (tertiary alicyclic amines) is 1. The van der Waals surface area contributed by atoms with Crippen molar-refractivity contribution in [3.63, 3.8) is 0 Å². The molecule has 1 aliphatic rings. The van der Waals surface area contributed by atoms with Crippen molar-refractivity contribution in [1.29, 1.82) is 0 Å². The van der Waals surface area contributed by atoms with Crippen molar-refractivity contribution in [2.75, 3.05) is 20.3 Å². The Morgan fingerprint density at radius 1 is 1.31 bits per heavy atom. The first kappa shape index (κ1) is 19.9. The van der Waals surface area contributed by atoms with E-state index in [1.54, 1.807) is 26.2 Å². The van der Waals surface area contributed by atoms with E-state index in [9.17, 15) is 9.59 Å². The Morgan fingerprint density at radius 2 is 1.96 bits per heavy atom. The summed E-state index contributed by atoms with van der Waals surface area (Å²) in [6.45, 7) is 6.19. The summed E-state index contributed by atoms with van der Waals surface area (Å²) < 4.78 is 16.1. The lowest BCUT2D eigenvalue weighted by Gasteiger charge is -2.37. The number of ether oxygens (including phenoxy) is 3.